The smallest absolute Gasteiger partial charge is 0.406 e. The molecule has 0 heterocycles. The van der Waals surface area contributed by atoms with Gasteiger partial charge in [0.05, 0.1) is 0 Å². The van der Waals surface area contributed by atoms with E-state index >= 15 is 0 Å². The fourth-order valence-corrected chi connectivity index (χ4v) is 3.02. The number of ether oxygens (including phenoxy) is 1. The first kappa shape index (κ1) is 16.4. The molecule has 1 saturated carbocycles. The average molecular weight is 322 g/mol. The molecule has 1 aromatic rings. The van der Waals surface area contributed by atoms with Crippen molar-refractivity contribution in [1.29, 1.82) is 0 Å². The Morgan fingerprint density at radius 1 is 1.14 bits per heavy atom. The van der Waals surface area contributed by atoms with Crippen molar-refractivity contribution < 1.29 is 17.9 Å². The van der Waals surface area contributed by atoms with Gasteiger partial charge in [0.15, 0.2) is 0 Å². The minimum Gasteiger partial charge on any atom is -0.406 e. The minimum atomic E-state index is -4.64. The largest absolute Gasteiger partial charge is 0.573 e. The van der Waals surface area contributed by atoms with Crippen LogP contribution in [0.25, 0.3) is 0 Å². The number of hydrogen-bond donors (Lipinski definition) is 0. The molecule has 2 nitrogen and oxygen atoms in total. The lowest BCUT2D eigenvalue weighted by Gasteiger charge is -2.28. The molecular formula is C15H19ClF3NO. The van der Waals surface area contributed by atoms with Crippen molar-refractivity contribution in [2.24, 2.45) is 0 Å². The van der Waals surface area contributed by atoms with Gasteiger partial charge in [0.2, 0.25) is 0 Å². The van der Waals surface area contributed by atoms with Crippen molar-refractivity contribution in [3.05, 3.63) is 29.8 Å². The van der Waals surface area contributed by atoms with Crippen LogP contribution < -0.4 is 4.74 Å². The molecular weight excluding hydrogens is 303 g/mol. The second-order valence-electron chi connectivity index (χ2n) is 5.29. The molecule has 6 heteroatoms. The third-order valence-corrected chi connectivity index (χ3v) is 3.92. The van der Waals surface area contributed by atoms with Gasteiger partial charge in [0.1, 0.15) is 5.75 Å². The monoisotopic (exact) mass is 321 g/mol. The number of hydrogen-bond acceptors (Lipinski definition) is 2. The number of alkyl halides is 4. The van der Waals surface area contributed by atoms with E-state index in [1.165, 1.54) is 37.8 Å². The van der Waals surface area contributed by atoms with E-state index in [0.29, 0.717) is 18.5 Å². The molecule has 0 aromatic heterocycles. The van der Waals surface area contributed by atoms with Crippen molar-refractivity contribution >= 4 is 11.6 Å². The van der Waals surface area contributed by atoms with Crippen LogP contribution in [0.4, 0.5) is 13.2 Å². The molecule has 0 radical (unpaired) electrons. The van der Waals surface area contributed by atoms with Crippen molar-refractivity contribution in [3.8, 4) is 5.75 Å². The molecule has 2 rings (SSSR count). The molecule has 0 N–H and O–H groups in total. The zero-order valence-corrected chi connectivity index (χ0v) is 12.5. The molecule has 118 valence electrons. The fraction of sp³-hybridized carbons (Fsp3) is 0.600. The summed E-state index contributed by atoms with van der Waals surface area (Å²) in [4.78, 5) is 2.32. The Morgan fingerprint density at radius 3 is 2.29 bits per heavy atom. The molecule has 0 bridgehead atoms. The van der Waals surface area contributed by atoms with E-state index in [2.05, 4.69) is 9.64 Å². The van der Waals surface area contributed by atoms with Gasteiger partial charge in [-0.25, -0.2) is 0 Å². The van der Waals surface area contributed by atoms with Crippen molar-refractivity contribution in [1.82, 2.24) is 4.90 Å². The third-order valence-electron chi connectivity index (χ3n) is 3.76. The summed E-state index contributed by atoms with van der Waals surface area (Å²) in [6.07, 6.45) is 0.179. The highest BCUT2D eigenvalue weighted by Crippen LogP contribution is 2.26. The summed E-state index contributed by atoms with van der Waals surface area (Å²) in [5.74, 6) is 0.377. The van der Waals surface area contributed by atoms with E-state index in [0.717, 1.165) is 12.1 Å². The summed E-state index contributed by atoms with van der Waals surface area (Å²) in [7, 11) is 0. The molecule has 1 aliphatic carbocycles. The van der Waals surface area contributed by atoms with E-state index < -0.39 is 6.36 Å². The number of rotatable bonds is 6. The van der Waals surface area contributed by atoms with Crippen molar-refractivity contribution in [2.75, 3.05) is 12.4 Å². The van der Waals surface area contributed by atoms with Gasteiger partial charge in [-0.15, -0.1) is 24.8 Å². The predicted molar refractivity (Wildman–Crippen MR) is 76.5 cm³/mol. The van der Waals surface area contributed by atoms with E-state index in [9.17, 15) is 13.2 Å². The van der Waals surface area contributed by atoms with Crippen LogP contribution in [-0.2, 0) is 6.54 Å². The predicted octanol–water partition coefficient (Wildman–Crippen LogP) is 4.57. The summed E-state index contributed by atoms with van der Waals surface area (Å²) in [6, 6.07) is 6.61. The summed E-state index contributed by atoms with van der Waals surface area (Å²) in [5.41, 5.74) is 0.974. The van der Waals surface area contributed by atoms with E-state index in [1.807, 2.05) is 0 Å². The molecule has 0 aliphatic heterocycles. The third kappa shape index (κ3) is 5.40. The number of benzene rings is 1. The molecule has 1 fully saturated rings. The Morgan fingerprint density at radius 2 is 1.76 bits per heavy atom. The van der Waals surface area contributed by atoms with Crippen LogP contribution in [0.1, 0.15) is 31.2 Å². The Kier molecular flexibility index (Phi) is 5.76. The van der Waals surface area contributed by atoms with Crippen LogP contribution in [0.3, 0.4) is 0 Å². The molecule has 0 saturated heterocycles. The van der Waals surface area contributed by atoms with Crippen LogP contribution in [0.2, 0.25) is 0 Å². The molecule has 0 amide bonds. The highest BCUT2D eigenvalue weighted by molar-refractivity contribution is 6.18. The van der Waals surface area contributed by atoms with Gasteiger partial charge in [0, 0.05) is 25.0 Å². The Bertz CT molecular complexity index is 430. The van der Waals surface area contributed by atoms with Gasteiger partial charge in [-0.3, -0.25) is 4.90 Å². The lowest BCUT2D eigenvalue weighted by Crippen LogP contribution is -2.34. The zero-order valence-electron chi connectivity index (χ0n) is 11.7. The Balaban J connectivity index is 1.96. The van der Waals surface area contributed by atoms with Crippen molar-refractivity contribution in [2.45, 2.75) is 44.6 Å². The second-order valence-corrected chi connectivity index (χ2v) is 5.67. The van der Waals surface area contributed by atoms with E-state index in [4.69, 9.17) is 11.6 Å². The second kappa shape index (κ2) is 7.36. The van der Waals surface area contributed by atoms with Gasteiger partial charge in [-0.1, -0.05) is 25.0 Å². The zero-order chi connectivity index (χ0) is 15.3. The van der Waals surface area contributed by atoms with Crippen molar-refractivity contribution in [3.63, 3.8) is 0 Å². The van der Waals surface area contributed by atoms with E-state index in [1.54, 1.807) is 12.1 Å². The Labute approximate surface area is 127 Å². The van der Waals surface area contributed by atoms with Crippen LogP contribution in [0, 0.1) is 0 Å². The van der Waals surface area contributed by atoms with Gasteiger partial charge < -0.3 is 4.74 Å². The quantitative estimate of drug-likeness (QED) is 0.712. The Hall–Kier alpha value is -0.940. The number of halogens is 4. The maximum atomic E-state index is 12.1. The van der Waals surface area contributed by atoms with Crippen LogP contribution >= 0.6 is 11.6 Å². The highest BCUT2D eigenvalue weighted by Gasteiger charge is 2.31. The first-order valence-corrected chi connectivity index (χ1v) is 7.66. The van der Waals surface area contributed by atoms with Gasteiger partial charge >= 0.3 is 6.36 Å². The van der Waals surface area contributed by atoms with Crippen LogP contribution in [-0.4, -0.2) is 29.7 Å². The van der Waals surface area contributed by atoms with Gasteiger partial charge in [0.25, 0.3) is 0 Å². The number of nitrogens with zero attached hydrogens (tertiary/aromatic N) is 1. The van der Waals surface area contributed by atoms with Crippen LogP contribution in [0.5, 0.6) is 5.75 Å². The molecule has 1 aliphatic rings. The normalized spacial score (nSPS) is 16.6. The summed E-state index contributed by atoms with van der Waals surface area (Å²) in [5, 5.41) is 0. The fourth-order valence-electron chi connectivity index (χ4n) is 2.80. The maximum absolute atomic E-state index is 12.1. The average Bonchev–Trinajstić information content (AvgIpc) is 2.92. The minimum absolute atomic E-state index is 0.184. The SMILES string of the molecule is FC(F)(F)Oc1ccc(CN(CCCl)C2CCCC2)cc1. The lowest BCUT2D eigenvalue weighted by atomic mass is 10.1. The molecule has 0 atom stereocenters. The molecule has 1 aromatic carbocycles. The van der Waals surface area contributed by atoms with Gasteiger partial charge in [-0.2, -0.15) is 0 Å². The van der Waals surface area contributed by atoms with Gasteiger partial charge in [-0.05, 0) is 30.5 Å². The molecule has 21 heavy (non-hydrogen) atoms. The summed E-state index contributed by atoms with van der Waals surface area (Å²) >= 11 is 5.85. The molecule has 0 unspecified atom stereocenters. The first-order valence-electron chi connectivity index (χ1n) is 7.12. The van der Waals surface area contributed by atoms with E-state index in [-0.39, 0.29) is 5.75 Å². The lowest BCUT2D eigenvalue weighted by molar-refractivity contribution is -0.274. The topological polar surface area (TPSA) is 12.5 Å². The molecule has 0 spiro atoms. The summed E-state index contributed by atoms with van der Waals surface area (Å²) < 4.78 is 40.2. The summed E-state index contributed by atoms with van der Waals surface area (Å²) in [6.45, 7) is 1.51. The first-order chi connectivity index (χ1) is 9.98. The standard InChI is InChI=1S/C15H19ClF3NO/c16-9-10-20(13-3-1-2-4-13)11-12-5-7-14(8-6-12)21-15(17,18)19/h5-8,13H,1-4,9-11H2. The maximum Gasteiger partial charge on any atom is 0.573 e. The van der Waals surface area contributed by atoms with Crippen LogP contribution in [0.15, 0.2) is 24.3 Å². The highest BCUT2D eigenvalue weighted by atomic mass is 35.5.